The van der Waals surface area contributed by atoms with Gasteiger partial charge in [-0.25, -0.2) is 9.37 Å². The molecular formula is C21H14ClFN4OS. The topological polar surface area (TPSA) is 63.6 Å². The van der Waals surface area contributed by atoms with Crippen LogP contribution in [0.15, 0.2) is 59.8 Å². The van der Waals surface area contributed by atoms with E-state index in [0.717, 1.165) is 33.6 Å². The largest absolute Gasteiger partial charge is 0.361 e. The van der Waals surface area contributed by atoms with Crippen molar-refractivity contribution < 1.29 is 4.39 Å². The van der Waals surface area contributed by atoms with Crippen LogP contribution in [0.4, 0.5) is 4.39 Å². The van der Waals surface area contributed by atoms with Crippen molar-refractivity contribution in [3.63, 3.8) is 0 Å². The molecule has 5 aromatic rings. The second-order valence-corrected chi connectivity index (χ2v) is 7.92. The van der Waals surface area contributed by atoms with E-state index in [1.165, 1.54) is 12.1 Å². The standard InChI is InChI=1S/C21H14ClFN4OS/c22-14-3-1-12(2-4-14)18-19-20(29-26-18)21(28)27(11-25-19)8-7-13-10-24-17-6-5-15(23)9-16(13)17/h1-6,9-11,24H,7-8H2. The first-order valence-electron chi connectivity index (χ1n) is 8.96. The van der Waals surface area contributed by atoms with Gasteiger partial charge in [0.15, 0.2) is 0 Å². The van der Waals surface area contributed by atoms with E-state index in [1.807, 2.05) is 18.3 Å². The third kappa shape index (κ3) is 3.22. The molecular weight excluding hydrogens is 411 g/mol. The number of halogens is 2. The van der Waals surface area contributed by atoms with Gasteiger partial charge < -0.3 is 4.98 Å². The molecule has 29 heavy (non-hydrogen) atoms. The molecule has 0 spiro atoms. The molecule has 0 bridgehead atoms. The van der Waals surface area contributed by atoms with E-state index in [-0.39, 0.29) is 11.4 Å². The Labute approximate surface area is 173 Å². The zero-order valence-corrected chi connectivity index (χ0v) is 16.6. The highest BCUT2D eigenvalue weighted by Gasteiger charge is 2.15. The highest BCUT2D eigenvalue weighted by atomic mass is 35.5. The number of hydrogen-bond donors (Lipinski definition) is 1. The van der Waals surface area contributed by atoms with Gasteiger partial charge in [-0.1, -0.05) is 23.7 Å². The number of aryl methyl sites for hydroxylation is 2. The number of aromatic nitrogens is 4. The van der Waals surface area contributed by atoms with Crippen molar-refractivity contribution in [3.05, 3.63) is 81.7 Å². The Kier molecular flexibility index (Phi) is 4.41. The molecule has 3 heterocycles. The first-order valence-corrected chi connectivity index (χ1v) is 10.1. The lowest BCUT2D eigenvalue weighted by molar-refractivity contribution is 0.629. The Bertz CT molecular complexity index is 1400. The predicted octanol–water partition coefficient (Wildman–Crippen LogP) is 5.04. The smallest absolute Gasteiger partial charge is 0.272 e. The molecule has 144 valence electrons. The maximum absolute atomic E-state index is 13.6. The van der Waals surface area contributed by atoms with Gasteiger partial charge in [-0.3, -0.25) is 9.36 Å². The van der Waals surface area contributed by atoms with E-state index in [1.54, 1.807) is 29.1 Å². The highest BCUT2D eigenvalue weighted by Crippen LogP contribution is 2.28. The molecule has 0 unspecified atom stereocenters. The molecule has 2 aromatic carbocycles. The number of rotatable bonds is 4. The number of nitrogens with zero attached hydrogens (tertiary/aromatic N) is 3. The predicted molar refractivity (Wildman–Crippen MR) is 114 cm³/mol. The minimum Gasteiger partial charge on any atom is -0.361 e. The lowest BCUT2D eigenvalue weighted by Crippen LogP contribution is -2.20. The quantitative estimate of drug-likeness (QED) is 0.439. The molecule has 8 heteroatoms. The van der Waals surface area contributed by atoms with E-state index < -0.39 is 0 Å². The number of H-pyrrole nitrogens is 1. The Morgan fingerprint density at radius 1 is 1.17 bits per heavy atom. The van der Waals surface area contributed by atoms with Gasteiger partial charge in [0.25, 0.3) is 5.56 Å². The van der Waals surface area contributed by atoms with Crippen LogP contribution in [0, 0.1) is 5.82 Å². The molecule has 0 fully saturated rings. The minimum absolute atomic E-state index is 0.126. The Hall–Kier alpha value is -3.03. The SMILES string of the molecule is O=c1c2snc(-c3ccc(Cl)cc3)c2ncn1CCc1c[nH]c2ccc(F)cc12. The highest BCUT2D eigenvalue weighted by molar-refractivity contribution is 7.13. The molecule has 0 saturated carbocycles. The third-order valence-corrected chi connectivity index (χ3v) is 5.99. The van der Waals surface area contributed by atoms with Gasteiger partial charge in [0.05, 0.1) is 6.33 Å². The summed E-state index contributed by atoms with van der Waals surface area (Å²) in [5.41, 5.74) is 3.84. The van der Waals surface area contributed by atoms with E-state index in [4.69, 9.17) is 11.6 Å². The lowest BCUT2D eigenvalue weighted by atomic mass is 10.1. The number of benzene rings is 2. The van der Waals surface area contributed by atoms with Crippen molar-refractivity contribution in [2.24, 2.45) is 0 Å². The number of aromatic amines is 1. The fourth-order valence-corrected chi connectivity index (χ4v) is 4.34. The van der Waals surface area contributed by atoms with E-state index in [2.05, 4.69) is 14.3 Å². The van der Waals surface area contributed by atoms with Gasteiger partial charge in [-0.05, 0) is 53.8 Å². The van der Waals surface area contributed by atoms with Gasteiger partial charge in [0.1, 0.15) is 21.7 Å². The van der Waals surface area contributed by atoms with Crippen molar-refractivity contribution in [1.29, 1.82) is 0 Å². The molecule has 0 aliphatic heterocycles. The normalized spacial score (nSPS) is 11.5. The second-order valence-electron chi connectivity index (χ2n) is 6.71. The van der Waals surface area contributed by atoms with Crippen LogP contribution in [0.1, 0.15) is 5.56 Å². The first-order chi connectivity index (χ1) is 14.1. The molecule has 0 radical (unpaired) electrons. The van der Waals surface area contributed by atoms with Crippen molar-refractivity contribution in [2.75, 3.05) is 0 Å². The zero-order chi connectivity index (χ0) is 20.0. The van der Waals surface area contributed by atoms with E-state index in [0.29, 0.717) is 33.9 Å². The van der Waals surface area contributed by atoms with Gasteiger partial charge in [0.2, 0.25) is 0 Å². The summed E-state index contributed by atoms with van der Waals surface area (Å²) in [6, 6.07) is 11.9. The first kappa shape index (κ1) is 18.0. The van der Waals surface area contributed by atoms with Crippen molar-refractivity contribution >= 4 is 44.3 Å². The van der Waals surface area contributed by atoms with Crippen LogP contribution in [0.3, 0.4) is 0 Å². The van der Waals surface area contributed by atoms with Crippen molar-refractivity contribution in [1.82, 2.24) is 18.9 Å². The summed E-state index contributed by atoms with van der Waals surface area (Å²) in [5, 5.41) is 1.47. The second kappa shape index (κ2) is 7.09. The molecule has 5 rings (SSSR count). The monoisotopic (exact) mass is 424 g/mol. The Balaban J connectivity index is 1.47. The van der Waals surface area contributed by atoms with Gasteiger partial charge >= 0.3 is 0 Å². The van der Waals surface area contributed by atoms with Gasteiger partial charge in [-0.15, -0.1) is 0 Å². The Morgan fingerprint density at radius 2 is 2.00 bits per heavy atom. The van der Waals surface area contributed by atoms with Crippen LogP contribution in [-0.4, -0.2) is 18.9 Å². The average molecular weight is 425 g/mol. The van der Waals surface area contributed by atoms with Gasteiger partial charge in [-0.2, -0.15) is 4.37 Å². The zero-order valence-electron chi connectivity index (χ0n) is 15.0. The molecule has 0 saturated heterocycles. The van der Waals surface area contributed by atoms with Crippen LogP contribution < -0.4 is 5.56 Å². The van der Waals surface area contributed by atoms with Crippen LogP contribution in [0.2, 0.25) is 5.02 Å². The summed E-state index contributed by atoms with van der Waals surface area (Å²) >= 11 is 7.10. The molecule has 0 atom stereocenters. The molecule has 0 amide bonds. The van der Waals surface area contributed by atoms with E-state index in [9.17, 15) is 9.18 Å². The summed E-state index contributed by atoms with van der Waals surface area (Å²) in [4.78, 5) is 20.5. The molecule has 0 aliphatic carbocycles. The third-order valence-electron chi connectivity index (χ3n) is 4.92. The van der Waals surface area contributed by atoms with Crippen LogP contribution in [0.5, 0.6) is 0 Å². The molecule has 5 nitrogen and oxygen atoms in total. The van der Waals surface area contributed by atoms with E-state index >= 15 is 0 Å². The number of fused-ring (bicyclic) bond motifs is 2. The minimum atomic E-state index is -0.280. The van der Waals surface area contributed by atoms with Gasteiger partial charge in [0, 0.05) is 34.2 Å². The fourth-order valence-electron chi connectivity index (χ4n) is 3.41. The molecule has 1 N–H and O–H groups in total. The number of nitrogens with one attached hydrogen (secondary N) is 1. The maximum Gasteiger partial charge on any atom is 0.272 e. The molecule has 0 aliphatic rings. The summed E-state index contributed by atoms with van der Waals surface area (Å²) in [7, 11) is 0. The Morgan fingerprint density at radius 3 is 2.83 bits per heavy atom. The molecule has 3 aromatic heterocycles. The van der Waals surface area contributed by atoms with Crippen LogP contribution in [0.25, 0.3) is 32.4 Å². The lowest BCUT2D eigenvalue weighted by Gasteiger charge is -2.05. The van der Waals surface area contributed by atoms with Crippen molar-refractivity contribution in [2.45, 2.75) is 13.0 Å². The summed E-state index contributed by atoms with van der Waals surface area (Å²) in [6.45, 7) is 0.444. The summed E-state index contributed by atoms with van der Waals surface area (Å²) < 4.78 is 20.1. The van der Waals surface area contributed by atoms with Crippen LogP contribution >= 0.6 is 23.1 Å². The average Bonchev–Trinajstić information content (AvgIpc) is 3.33. The van der Waals surface area contributed by atoms with Crippen LogP contribution in [-0.2, 0) is 13.0 Å². The maximum atomic E-state index is 13.6. The summed E-state index contributed by atoms with van der Waals surface area (Å²) in [5.74, 6) is -0.280. The number of hydrogen-bond acceptors (Lipinski definition) is 4. The van der Waals surface area contributed by atoms with Crippen molar-refractivity contribution in [3.8, 4) is 11.3 Å². The summed E-state index contributed by atoms with van der Waals surface area (Å²) in [6.07, 6.45) is 3.99. The fraction of sp³-hybridized carbons (Fsp3) is 0.0952.